The van der Waals surface area contributed by atoms with Gasteiger partial charge in [-0.2, -0.15) is 0 Å². The first-order valence-electron chi connectivity index (χ1n) is 5.67. The number of rotatable bonds is 4. The van der Waals surface area contributed by atoms with Crippen LogP contribution in [0.4, 0.5) is 0 Å². The summed E-state index contributed by atoms with van der Waals surface area (Å²) < 4.78 is 0. The topological polar surface area (TPSA) is 49.7 Å². The van der Waals surface area contributed by atoms with Crippen LogP contribution < -0.4 is 0 Å². The molecule has 1 N–H and O–H groups in total. The highest BCUT2D eigenvalue weighted by molar-refractivity contribution is 8.12. The van der Waals surface area contributed by atoms with Crippen molar-refractivity contribution >= 4 is 23.1 Å². The highest BCUT2D eigenvalue weighted by Gasteiger charge is 2.22. The number of phenols is 1. The smallest absolute Gasteiger partial charge is 0.166 e. The Morgan fingerprint density at radius 1 is 1.47 bits per heavy atom. The number of carbonyl (C=O) groups excluding carboxylic acids is 1. The first kappa shape index (κ1) is 12.2. The molecule has 3 nitrogen and oxygen atoms in total. The van der Waals surface area contributed by atoms with Gasteiger partial charge in [0.2, 0.25) is 0 Å². The number of nitrogens with zero attached hydrogens (tertiary/aromatic N) is 1. The Labute approximate surface area is 105 Å². The van der Waals surface area contributed by atoms with Crippen molar-refractivity contribution in [1.82, 2.24) is 0 Å². The number of hydrogen-bond donors (Lipinski definition) is 1. The Morgan fingerprint density at radius 3 is 2.88 bits per heavy atom. The second-order valence-electron chi connectivity index (χ2n) is 4.15. The van der Waals surface area contributed by atoms with Gasteiger partial charge in [-0.3, -0.25) is 9.79 Å². The van der Waals surface area contributed by atoms with Crippen LogP contribution in [0.3, 0.4) is 0 Å². The second kappa shape index (κ2) is 5.36. The molecule has 0 aromatic heterocycles. The average molecular weight is 249 g/mol. The molecule has 0 spiro atoms. The van der Waals surface area contributed by atoms with Crippen molar-refractivity contribution in [1.29, 1.82) is 0 Å². The molecule has 2 unspecified atom stereocenters. The molecule has 1 aromatic rings. The number of benzene rings is 1. The molecule has 0 bridgehead atoms. The molecule has 0 saturated heterocycles. The number of hydrogen-bond acceptors (Lipinski definition) is 4. The van der Waals surface area contributed by atoms with Gasteiger partial charge in [-0.15, -0.1) is 11.8 Å². The van der Waals surface area contributed by atoms with Crippen molar-refractivity contribution in [3.05, 3.63) is 29.8 Å². The van der Waals surface area contributed by atoms with Crippen LogP contribution in [0.1, 0.15) is 30.1 Å². The first-order valence-corrected chi connectivity index (χ1v) is 6.61. The Morgan fingerprint density at radius 2 is 2.24 bits per heavy atom. The van der Waals surface area contributed by atoms with E-state index in [2.05, 4.69) is 11.9 Å². The fourth-order valence-electron chi connectivity index (χ4n) is 1.85. The molecule has 1 aliphatic rings. The van der Waals surface area contributed by atoms with Crippen LogP contribution in [0, 0.1) is 0 Å². The molecule has 2 rings (SSSR count). The van der Waals surface area contributed by atoms with Gasteiger partial charge in [-0.25, -0.2) is 0 Å². The van der Waals surface area contributed by atoms with E-state index in [1.807, 2.05) is 5.55 Å². The summed E-state index contributed by atoms with van der Waals surface area (Å²) in [5, 5.41) is 9.97. The number of aromatic hydroxyl groups is 1. The highest BCUT2D eigenvalue weighted by atomic mass is 32.2. The van der Waals surface area contributed by atoms with Gasteiger partial charge in [0.05, 0.1) is 17.2 Å². The van der Waals surface area contributed by atoms with Gasteiger partial charge in [0.1, 0.15) is 5.75 Å². The van der Waals surface area contributed by atoms with Crippen molar-refractivity contribution in [2.24, 2.45) is 4.99 Å². The molecule has 0 fully saturated rings. The second-order valence-corrected chi connectivity index (χ2v) is 5.24. The number of phenolic OH excluding ortho intramolecular Hbond substituents is 1. The molecular weight excluding hydrogens is 234 g/mol. The molecule has 0 amide bonds. The third-order valence-corrected chi connectivity index (χ3v) is 4.15. The van der Waals surface area contributed by atoms with E-state index >= 15 is 0 Å². The van der Waals surface area contributed by atoms with E-state index < -0.39 is 0 Å². The van der Waals surface area contributed by atoms with Crippen LogP contribution in [0.5, 0.6) is 5.75 Å². The summed E-state index contributed by atoms with van der Waals surface area (Å²) in [7, 11) is 0. The zero-order valence-corrected chi connectivity index (χ0v) is 10.5. The molecular formula is C13H15NO2S. The SMILES string of the molecule is CC1N=CSC1CCC(=O)c1ccccc1O. The van der Waals surface area contributed by atoms with Crippen molar-refractivity contribution in [3.63, 3.8) is 0 Å². The number of para-hydroxylation sites is 1. The lowest BCUT2D eigenvalue weighted by Gasteiger charge is -2.12. The van der Waals surface area contributed by atoms with Gasteiger partial charge >= 0.3 is 0 Å². The molecule has 17 heavy (non-hydrogen) atoms. The monoisotopic (exact) mass is 249 g/mol. The maximum Gasteiger partial charge on any atom is 0.166 e. The Kier molecular flexibility index (Phi) is 3.84. The summed E-state index contributed by atoms with van der Waals surface area (Å²) in [5.41, 5.74) is 2.28. The Balaban J connectivity index is 1.92. The largest absolute Gasteiger partial charge is 0.507 e. The van der Waals surface area contributed by atoms with Crippen LogP contribution >= 0.6 is 11.8 Å². The van der Waals surface area contributed by atoms with Crippen molar-refractivity contribution < 1.29 is 9.90 Å². The van der Waals surface area contributed by atoms with Gasteiger partial charge in [-0.05, 0) is 25.5 Å². The van der Waals surface area contributed by atoms with Gasteiger partial charge in [-0.1, -0.05) is 12.1 Å². The molecule has 90 valence electrons. The number of thioether (sulfide) groups is 1. The summed E-state index contributed by atoms with van der Waals surface area (Å²) in [5.74, 6) is 0.0728. The summed E-state index contributed by atoms with van der Waals surface area (Å²) in [6.45, 7) is 2.06. The van der Waals surface area contributed by atoms with E-state index in [1.54, 1.807) is 36.0 Å². The van der Waals surface area contributed by atoms with Crippen molar-refractivity contribution in [2.75, 3.05) is 0 Å². The quantitative estimate of drug-likeness (QED) is 0.835. The number of aliphatic imine (C=N–C) groups is 1. The third kappa shape index (κ3) is 2.88. The maximum atomic E-state index is 11.9. The molecule has 4 heteroatoms. The summed E-state index contributed by atoms with van der Waals surface area (Å²) >= 11 is 1.69. The lowest BCUT2D eigenvalue weighted by Crippen LogP contribution is -2.15. The van der Waals surface area contributed by atoms with Crippen LogP contribution in [0.25, 0.3) is 0 Å². The minimum absolute atomic E-state index is 0.00259. The summed E-state index contributed by atoms with van der Waals surface area (Å²) in [6, 6.07) is 6.98. The van der Waals surface area contributed by atoms with Gasteiger partial charge < -0.3 is 5.11 Å². The predicted octanol–water partition coefficient (Wildman–Crippen LogP) is 2.89. The van der Waals surface area contributed by atoms with Crippen LogP contribution in [-0.4, -0.2) is 27.7 Å². The minimum atomic E-state index is 0.00259. The van der Waals surface area contributed by atoms with Crippen LogP contribution in [0.2, 0.25) is 0 Å². The number of ketones is 1. The van der Waals surface area contributed by atoms with Gasteiger partial charge in [0.25, 0.3) is 0 Å². The lowest BCUT2D eigenvalue weighted by molar-refractivity contribution is 0.0977. The van der Waals surface area contributed by atoms with E-state index in [0.717, 1.165) is 6.42 Å². The fraction of sp³-hybridized carbons (Fsp3) is 0.385. The molecule has 0 radical (unpaired) electrons. The lowest BCUT2D eigenvalue weighted by atomic mass is 10.0. The first-order chi connectivity index (χ1) is 8.18. The normalized spacial score (nSPS) is 22.9. The average Bonchev–Trinajstić information content (AvgIpc) is 2.72. The van der Waals surface area contributed by atoms with E-state index in [9.17, 15) is 9.90 Å². The van der Waals surface area contributed by atoms with Gasteiger partial charge in [0, 0.05) is 11.7 Å². The fourth-order valence-corrected chi connectivity index (χ4v) is 2.82. The molecule has 1 heterocycles. The van der Waals surface area contributed by atoms with E-state index in [1.165, 1.54) is 0 Å². The highest BCUT2D eigenvalue weighted by Crippen LogP contribution is 2.27. The van der Waals surface area contributed by atoms with Crippen LogP contribution in [-0.2, 0) is 0 Å². The molecule has 1 aliphatic heterocycles. The zero-order valence-electron chi connectivity index (χ0n) is 9.67. The molecule has 2 atom stereocenters. The maximum absolute atomic E-state index is 11.9. The molecule has 0 aliphatic carbocycles. The number of Topliss-reactive ketones (excluding diaryl/α,β-unsaturated/α-hetero) is 1. The summed E-state index contributed by atoms with van der Waals surface area (Å²) in [6.07, 6.45) is 1.27. The van der Waals surface area contributed by atoms with E-state index in [-0.39, 0.29) is 17.6 Å². The molecule has 1 aromatic carbocycles. The van der Waals surface area contributed by atoms with Gasteiger partial charge in [0.15, 0.2) is 5.78 Å². The minimum Gasteiger partial charge on any atom is -0.507 e. The van der Waals surface area contributed by atoms with E-state index in [0.29, 0.717) is 17.2 Å². The standard InChI is InChI=1S/C13H15NO2S/c1-9-13(17-8-14-9)7-6-12(16)10-4-2-3-5-11(10)15/h2-5,8-9,13,15H,6-7H2,1H3. The Hall–Kier alpha value is -1.29. The van der Waals surface area contributed by atoms with Crippen molar-refractivity contribution in [3.8, 4) is 5.75 Å². The zero-order chi connectivity index (χ0) is 12.3. The van der Waals surface area contributed by atoms with Crippen LogP contribution in [0.15, 0.2) is 29.3 Å². The summed E-state index contributed by atoms with van der Waals surface area (Å²) in [4.78, 5) is 16.2. The molecule has 0 saturated carbocycles. The third-order valence-electron chi connectivity index (χ3n) is 2.93. The van der Waals surface area contributed by atoms with Crippen molar-refractivity contribution in [2.45, 2.75) is 31.1 Å². The Bertz CT molecular complexity index is 445. The predicted molar refractivity (Wildman–Crippen MR) is 71.0 cm³/mol. The number of carbonyl (C=O) groups is 1. The van der Waals surface area contributed by atoms with E-state index in [4.69, 9.17) is 0 Å².